The van der Waals surface area contributed by atoms with Crippen LogP contribution in [0.25, 0.3) is 0 Å². The van der Waals surface area contributed by atoms with Gasteiger partial charge in [-0.15, -0.1) is 5.10 Å². The molecule has 0 amide bonds. The molecule has 2 rings (SSSR count). The number of hydrogen-bond donors (Lipinski definition) is 0. The molecular weight excluding hydrogens is 260 g/mol. The van der Waals surface area contributed by atoms with E-state index in [4.69, 9.17) is 11.6 Å². The summed E-state index contributed by atoms with van der Waals surface area (Å²) in [5.41, 5.74) is 0.636. The Kier molecular flexibility index (Phi) is 3.75. The van der Waals surface area contributed by atoms with Crippen LogP contribution in [0.4, 0.5) is 0 Å². The maximum atomic E-state index is 11.8. The molecule has 0 bridgehead atoms. The van der Waals surface area contributed by atoms with Crippen LogP contribution in [0, 0.1) is 0 Å². The summed E-state index contributed by atoms with van der Waals surface area (Å²) in [5.74, 6) is 0.324. The zero-order valence-corrected chi connectivity index (χ0v) is 10.6. The van der Waals surface area contributed by atoms with Gasteiger partial charge in [0.1, 0.15) is 0 Å². The summed E-state index contributed by atoms with van der Waals surface area (Å²) in [6.07, 6.45) is 0. The van der Waals surface area contributed by atoms with Gasteiger partial charge >= 0.3 is 0 Å². The van der Waals surface area contributed by atoms with Gasteiger partial charge in [0, 0.05) is 17.6 Å². The van der Waals surface area contributed by atoms with Gasteiger partial charge in [0.15, 0.2) is 5.78 Å². The minimum atomic E-state index is 0.0228. The zero-order chi connectivity index (χ0) is 12.3. The number of thioether (sulfide) groups is 1. The van der Waals surface area contributed by atoms with Gasteiger partial charge in [0.2, 0.25) is 5.16 Å². The first-order valence-corrected chi connectivity index (χ1v) is 6.17. The summed E-state index contributed by atoms with van der Waals surface area (Å²) in [4.78, 5) is 11.8. The van der Waals surface area contributed by atoms with E-state index in [0.29, 0.717) is 21.5 Å². The molecule has 7 heteroatoms. The monoisotopic (exact) mass is 268 g/mol. The van der Waals surface area contributed by atoms with Crippen LogP contribution < -0.4 is 0 Å². The maximum Gasteiger partial charge on any atom is 0.209 e. The highest BCUT2D eigenvalue weighted by molar-refractivity contribution is 7.99. The Balaban J connectivity index is 1.98. The predicted molar refractivity (Wildman–Crippen MR) is 65.3 cm³/mol. The molecular formula is C10H9ClN4OS. The summed E-state index contributed by atoms with van der Waals surface area (Å²) in [7, 11) is 1.73. The van der Waals surface area contributed by atoms with E-state index in [1.165, 1.54) is 16.4 Å². The first kappa shape index (κ1) is 12.1. The average molecular weight is 269 g/mol. The third-order valence-electron chi connectivity index (χ3n) is 2.08. The lowest BCUT2D eigenvalue weighted by molar-refractivity contribution is 0.102. The smallest absolute Gasteiger partial charge is 0.209 e. The normalized spacial score (nSPS) is 10.5. The van der Waals surface area contributed by atoms with E-state index in [2.05, 4.69) is 15.5 Å². The molecule has 1 aromatic carbocycles. The molecule has 88 valence electrons. The number of benzene rings is 1. The molecule has 0 saturated carbocycles. The molecule has 0 atom stereocenters. The van der Waals surface area contributed by atoms with Crippen LogP contribution >= 0.6 is 23.4 Å². The Morgan fingerprint density at radius 3 is 2.71 bits per heavy atom. The van der Waals surface area contributed by atoms with Gasteiger partial charge < -0.3 is 0 Å². The van der Waals surface area contributed by atoms with Crippen LogP contribution in [-0.4, -0.2) is 31.7 Å². The summed E-state index contributed by atoms with van der Waals surface area (Å²) in [6.45, 7) is 0. The second-order valence-electron chi connectivity index (χ2n) is 3.30. The Hall–Kier alpha value is -1.40. The molecule has 2 aromatic rings. The predicted octanol–water partition coefficient (Wildman–Crippen LogP) is 1.84. The molecule has 1 aromatic heterocycles. The number of aryl methyl sites for hydroxylation is 1. The number of ketones is 1. The number of tetrazole rings is 1. The lowest BCUT2D eigenvalue weighted by Crippen LogP contribution is -2.03. The highest BCUT2D eigenvalue weighted by atomic mass is 35.5. The van der Waals surface area contributed by atoms with Crippen molar-refractivity contribution in [2.45, 2.75) is 5.16 Å². The Morgan fingerprint density at radius 1 is 1.41 bits per heavy atom. The standard InChI is InChI=1S/C10H9ClN4OS/c1-15-10(12-13-14-15)17-6-9(16)7-2-4-8(11)5-3-7/h2-5H,6H2,1H3. The molecule has 17 heavy (non-hydrogen) atoms. The van der Waals surface area contributed by atoms with Crippen LogP contribution in [0.3, 0.4) is 0 Å². The van der Waals surface area contributed by atoms with Crippen molar-refractivity contribution in [2.24, 2.45) is 7.05 Å². The second kappa shape index (κ2) is 5.29. The summed E-state index contributed by atoms with van der Waals surface area (Å²) in [6, 6.07) is 6.81. The second-order valence-corrected chi connectivity index (χ2v) is 4.68. The first-order chi connectivity index (χ1) is 8.16. The number of halogens is 1. The molecule has 0 aliphatic rings. The van der Waals surface area contributed by atoms with Gasteiger partial charge in [-0.25, -0.2) is 4.68 Å². The van der Waals surface area contributed by atoms with Gasteiger partial charge in [0.25, 0.3) is 0 Å². The fourth-order valence-electron chi connectivity index (χ4n) is 1.19. The fraction of sp³-hybridized carbons (Fsp3) is 0.200. The van der Waals surface area contributed by atoms with Crippen molar-refractivity contribution in [1.29, 1.82) is 0 Å². The van der Waals surface area contributed by atoms with E-state index in [0.717, 1.165) is 0 Å². The molecule has 1 heterocycles. The third kappa shape index (κ3) is 3.04. The number of Topliss-reactive ketones (excluding diaryl/α,β-unsaturated/α-hetero) is 1. The van der Waals surface area contributed by atoms with Crippen molar-refractivity contribution in [3.8, 4) is 0 Å². The van der Waals surface area contributed by atoms with E-state index >= 15 is 0 Å². The van der Waals surface area contributed by atoms with Crippen LogP contribution in [0.15, 0.2) is 29.4 Å². The zero-order valence-electron chi connectivity index (χ0n) is 9.00. The van der Waals surface area contributed by atoms with Gasteiger partial charge in [-0.05, 0) is 34.7 Å². The number of carbonyl (C=O) groups is 1. The van der Waals surface area contributed by atoms with Crippen molar-refractivity contribution in [3.63, 3.8) is 0 Å². The number of rotatable bonds is 4. The minimum absolute atomic E-state index is 0.0228. The number of aromatic nitrogens is 4. The largest absolute Gasteiger partial charge is 0.293 e. The molecule has 0 aliphatic heterocycles. The average Bonchev–Trinajstić information content (AvgIpc) is 2.73. The summed E-state index contributed by atoms with van der Waals surface area (Å²) >= 11 is 7.05. The number of nitrogens with zero attached hydrogens (tertiary/aromatic N) is 4. The molecule has 0 N–H and O–H groups in total. The van der Waals surface area contributed by atoms with Gasteiger partial charge in [-0.1, -0.05) is 23.4 Å². The summed E-state index contributed by atoms with van der Waals surface area (Å²) < 4.78 is 1.53. The minimum Gasteiger partial charge on any atom is -0.293 e. The Morgan fingerprint density at radius 2 is 2.12 bits per heavy atom. The van der Waals surface area contributed by atoms with Crippen molar-refractivity contribution in [1.82, 2.24) is 20.2 Å². The van der Waals surface area contributed by atoms with E-state index in [1.807, 2.05) is 0 Å². The Labute approximate surface area is 107 Å². The van der Waals surface area contributed by atoms with E-state index in [9.17, 15) is 4.79 Å². The van der Waals surface area contributed by atoms with E-state index in [-0.39, 0.29) is 5.78 Å². The van der Waals surface area contributed by atoms with Crippen molar-refractivity contribution >= 4 is 29.1 Å². The van der Waals surface area contributed by atoms with E-state index < -0.39 is 0 Å². The molecule has 5 nitrogen and oxygen atoms in total. The SMILES string of the molecule is Cn1nnnc1SCC(=O)c1ccc(Cl)cc1. The maximum absolute atomic E-state index is 11.8. The molecule has 0 spiro atoms. The van der Waals surface area contributed by atoms with Crippen molar-refractivity contribution < 1.29 is 4.79 Å². The highest BCUT2D eigenvalue weighted by Gasteiger charge is 2.09. The molecule has 0 aliphatic carbocycles. The molecule has 0 fully saturated rings. The third-order valence-corrected chi connectivity index (χ3v) is 3.34. The van der Waals surface area contributed by atoms with Gasteiger partial charge in [-0.2, -0.15) is 0 Å². The van der Waals surface area contributed by atoms with Crippen LogP contribution in [0.1, 0.15) is 10.4 Å². The van der Waals surface area contributed by atoms with Crippen molar-refractivity contribution in [3.05, 3.63) is 34.9 Å². The fourth-order valence-corrected chi connectivity index (χ4v) is 2.06. The molecule has 0 unspecified atom stereocenters. The molecule has 0 saturated heterocycles. The van der Waals surface area contributed by atoms with Crippen molar-refractivity contribution in [2.75, 3.05) is 5.75 Å². The van der Waals surface area contributed by atoms with Crippen LogP contribution in [-0.2, 0) is 7.05 Å². The highest BCUT2D eigenvalue weighted by Crippen LogP contribution is 2.16. The lowest BCUT2D eigenvalue weighted by atomic mass is 10.1. The summed E-state index contributed by atoms with van der Waals surface area (Å²) in [5, 5.41) is 12.2. The van der Waals surface area contributed by atoms with Gasteiger partial charge in [-0.3, -0.25) is 4.79 Å². The quantitative estimate of drug-likeness (QED) is 0.625. The molecule has 0 radical (unpaired) electrons. The lowest BCUT2D eigenvalue weighted by Gasteiger charge is -2.00. The first-order valence-electron chi connectivity index (χ1n) is 4.81. The number of carbonyl (C=O) groups excluding carboxylic acids is 1. The Bertz CT molecular complexity index is 525. The van der Waals surface area contributed by atoms with Crippen LogP contribution in [0.5, 0.6) is 0 Å². The van der Waals surface area contributed by atoms with Gasteiger partial charge in [0.05, 0.1) is 5.75 Å². The van der Waals surface area contributed by atoms with E-state index in [1.54, 1.807) is 31.3 Å². The topological polar surface area (TPSA) is 60.7 Å². The van der Waals surface area contributed by atoms with Crippen LogP contribution in [0.2, 0.25) is 5.02 Å². The number of hydrogen-bond acceptors (Lipinski definition) is 5.